The third-order valence-corrected chi connectivity index (χ3v) is 2.71. The van der Waals surface area contributed by atoms with Crippen molar-refractivity contribution < 1.29 is 17.9 Å². The molecule has 3 N–H and O–H groups in total. The van der Waals surface area contributed by atoms with Gasteiger partial charge >= 0.3 is 6.18 Å². The molecular formula is C14H19F3N2O. The number of nitrogens with one attached hydrogen (secondary N) is 1. The Morgan fingerprint density at radius 2 is 1.85 bits per heavy atom. The van der Waals surface area contributed by atoms with Gasteiger partial charge in [0.2, 0.25) is 0 Å². The summed E-state index contributed by atoms with van der Waals surface area (Å²) in [4.78, 5) is 0. The molecule has 6 heteroatoms. The topological polar surface area (TPSA) is 59.1 Å². The first-order chi connectivity index (χ1) is 9.00. The third-order valence-electron chi connectivity index (χ3n) is 2.71. The zero-order valence-corrected chi connectivity index (χ0v) is 11.8. The number of nitrogens with two attached hydrogens (primary N) is 1. The molecule has 0 saturated heterocycles. The number of amidine groups is 1. The Hall–Kier alpha value is -1.72. The number of alkyl halides is 3. The fraction of sp³-hybridized carbons (Fsp3) is 0.500. The maximum absolute atomic E-state index is 12.9. The van der Waals surface area contributed by atoms with Gasteiger partial charge in [0.25, 0.3) is 0 Å². The Kier molecular flexibility index (Phi) is 4.68. The van der Waals surface area contributed by atoms with Crippen molar-refractivity contribution in [3.8, 4) is 5.75 Å². The molecule has 0 heterocycles. The molecule has 0 radical (unpaired) electrons. The number of hydrogen-bond donors (Lipinski definition) is 2. The number of halogens is 3. The number of ether oxygens (including phenoxy) is 1. The second kappa shape index (κ2) is 5.73. The van der Waals surface area contributed by atoms with Crippen LogP contribution in [0.25, 0.3) is 0 Å². The van der Waals surface area contributed by atoms with E-state index in [1.165, 1.54) is 6.07 Å². The van der Waals surface area contributed by atoms with Crippen LogP contribution in [0.3, 0.4) is 0 Å². The van der Waals surface area contributed by atoms with Crippen LogP contribution in [0, 0.1) is 10.8 Å². The van der Waals surface area contributed by atoms with Gasteiger partial charge in [-0.25, -0.2) is 0 Å². The van der Waals surface area contributed by atoms with E-state index in [-0.39, 0.29) is 16.7 Å². The third kappa shape index (κ3) is 4.75. The minimum atomic E-state index is -4.57. The molecular weight excluding hydrogens is 269 g/mol. The molecule has 0 unspecified atom stereocenters. The summed E-state index contributed by atoms with van der Waals surface area (Å²) in [7, 11) is 0. The van der Waals surface area contributed by atoms with Crippen molar-refractivity contribution in [2.75, 3.05) is 6.61 Å². The molecule has 0 bridgehead atoms. The van der Waals surface area contributed by atoms with Gasteiger partial charge < -0.3 is 10.5 Å². The van der Waals surface area contributed by atoms with Crippen molar-refractivity contribution in [3.05, 3.63) is 29.3 Å². The summed E-state index contributed by atoms with van der Waals surface area (Å²) in [6, 6.07) is 3.45. The number of rotatable bonds is 4. The van der Waals surface area contributed by atoms with Gasteiger partial charge in [0.1, 0.15) is 11.6 Å². The number of hydrogen-bond acceptors (Lipinski definition) is 2. The Morgan fingerprint density at radius 3 is 2.30 bits per heavy atom. The molecule has 112 valence electrons. The summed E-state index contributed by atoms with van der Waals surface area (Å²) in [5.41, 5.74) is 3.93. The molecule has 1 aromatic rings. The first kappa shape index (κ1) is 16.3. The monoisotopic (exact) mass is 288 g/mol. The summed E-state index contributed by atoms with van der Waals surface area (Å²) < 4.78 is 44.0. The fourth-order valence-electron chi connectivity index (χ4n) is 1.56. The van der Waals surface area contributed by atoms with Crippen LogP contribution in [-0.4, -0.2) is 12.4 Å². The lowest BCUT2D eigenvalue weighted by molar-refractivity contribution is -0.137. The molecule has 0 spiro atoms. The Labute approximate surface area is 116 Å². The van der Waals surface area contributed by atoms with Gasteiger partial charge in [0.05, 0.1) is 12.2 Å². The van der Waals surface area contributed by atoms with Crippen molar-refractivity contribution in [2.24, 2.45) is 11.1 Å². The maximum atomic E-state index is 12.9. The van der Waals surface area contributed by atoms with Crippen molar-refractivity contribution >= 4 is 5.84 Å². The second-order valence-electron chi connectivity index (χ2n) is 5.78. The molecule has 20 heavy (non-hydrogen) atoms. The van der Waals surface area contributed by atoms with Gasteiger partial charge in [0, 0.05) is 5.56 Å². The van der Waals surface area contributed by atoms with E-state index >= 15 is 0 Å². The molecule has 0 aromatic heterocycles. The highest BCUT2D eigenvalue weighted by molar-refractivity contribution is 5.96. The summed E-state index contributed by atoms with van der Waals surface area (Å²) in [5.74, 6) is -0.481. The number of benzene rings is 1. The molecule has 0 aliphatic carbocycles. The lowest BCUT2D eigenvalue weighted by Gasteiger charge is -2.19. The van der Waals surface area contributed by atoms with E-state index in [0.717, 1.165) is 18.6 Å². The van der Waals surface area contributed by atoms with Gasteiger partial charge in [-0.1, -0.05) is 20.8 Å². The largest absolute Gasteiger partial charge is 0.494 e. The van der Waals surface area contributed by atoms with Crippen LogP contribution in [0.4, 0.5) is 13.2 Å². The van der Waals surface area contributed by atoms with Gasteiger partial charge in [-0.15, -0.1) is 0 Å². The first-order valence-corrected chi connectivity index (χ1v) is 6.19. The van der Waals surface area contributed by atoms with E-state index in [0.29, 0.717) is 6.61 Å². The van der Waals surface area contributed by atoms with E-state index in [9.17, 15) is 13.2 Å². The van der Waals surface area contributed by atoms with Crippen LogP contribution in [0.2, 0.25) is 0 Å². The molecule has 0 aliphatic rings. The van der Waals surface area contributed by atoms with Gasteiger partial charge in [-0.2, -0.15) is 13.2 Å². The van der Waals surface area contributed by atoms with E-state index in [4.69, 9.17) is 15.9 Å². The normalized spacial score (nSPS) is 12.3. The predicted octanol–water partition coefficient (Wildman–Crippen LogP) is 3.80. The lowest BCUT2D eigenvalue weighted by atomic mass is 9.93. The van der Waals surface area contributed by atoms with Crippen molar-refractivity contribution in [1.29, 1.82) is 5.41 Å². The molecule has 0 fully saturated rings. The zero-order valence-electron chi connectivity index (χ0n) is 11.8. The Morgan fingerprint density at radius 1 is 1.25 bits per heavy atom. The van der Waals surface area contributed by atoms with Gasteiger partial charge in [-0.05, 0) is 30.0 Å². The highest BCUT2D eigenvalue weighted by Crippen LogP contribution is 2.34. The highest BCUT2D eigenvalue weighted by Gasteiger charge is 2.34. The molecule has 0 saturated carbocycles. The minimum Gasteiger partial charge on any atom is -0.494 e. The molecule has 0 amide bonds. The smallest absolute Gasteiger partial charge is 0.417 e. The van der Waals surface area contributed by atoms with E-state index < -0.39 is 17.6 Å². The van der Waals surface area contributed by atoms with E-state index in [1.807, 2.05) is 20.8 Å². The zero-order chi connectivity index (χ0) is 15.6. The van der Waals surface area contributed by atoms with Crippen molar-refractivity contribution in [1.82, 2.24) is 0 Å². The lowest BCUT2D eigenvalue weighted by Crippen LogP contribution is -2.19. The van der Waals surface area contributed by atoms with Gasteiger partial charge in [0.15, 0.2) is 0 Å². The van der Waals surface area contributed by atoms with Crippen LogP contribution in [0.15, 0.2) is 18.2 Å². The number of nitrogen functional groups attached to an aromatic ring is 1. The van der Waals surface area contributed by atoms with Crippen LogP contribution >= 0.6 is 0 Å². The maximum Gasteiger partial charge on any atom is 0.417 e. The van der Waals surface area contributed by atoms with Crippen molar-refractivity contribution in [2.45, 2.75) is 33.4 Å². The SMILES string of the molecule is CC(C)(C)CCOc1ccc(C(=N)N)c(C(F)(F)F)c1. The summed E-state index contributed by atoms with van der Waals surface area (Å²) in [5, 5.41) is 7.18. The summed E-state index contributed by atoms with van der Waals surface area (Å²) in [6.07, 6.45) is -3.84. The quantitative estimate of drug-likeness (QED) is 0.654. The molecule has 1 aromatic carbocycles. The van der Waals surface area contributed by atoms with E-state index in [2.05, 4.69) is 0 Å². The Balaban J connectivity index is 2.93. The standard InChI is InChI=1S/C14H19F3N2O/c1-13(2,3)6-7-20-9-4-5-10(12(18)19)11(8-9)14(15,16)17/h4-5,8H,6-7H2,1-3H3,(H3,18,19). The Bertz CT molecular complexity index is 490. The molecule has 1 rings (SSSR count). The predicted molar refractivity (Wildman–Crippen MR) is 72.0 cm³/mol. The average molecular weight is 288 g/mol. The molecule has 3 nitrogen and oxygen atoms in total. The van der Waals surface area contributed by atoms with E-state index in [1.54, 1.807) is 0 Å². The molecule has 0 aliphatic heterocycles. The first-order valence-electron chi connectivity index (χ1n) is 6.19. The van der Waals surface area contributed by atoms with Crippen LogP contribution in [-0.2, 0) is 6.18 Å². The molecule has 0 atom stereocenters. The summed E-state index contributed by atoms with van der Waals surface area (Å²) >= 11 is 0. The van der Waals surface area contributed by atoms with Gasteiger partial charge in [-0.3, -0.25) is 5.41 Å². The second-order valence-corrected chi connectivity index (χ2v) is 5.78. The van der Waals surface area contributed by atoms with Crippen LogP contribution in [0.5, 0.6) is 5.75 Å². The van der Waals surface area contributed by atoms with Crippen LogP contribution in [0.1, 0.15) is 38.3 Å². The minimum absolute atomic E-state index is 0.0478. The average Bonchev–Trinajstić information content (AvgIpc) is 2.25. The van der Waals surface area contributed by atoms with Crippen molar-refractivity contribution in [3.63, 3.8) is 0 Å². The van der Waals surface area contributed by atoms with Crippen LogP contribution < -0.4 is 10.5 Å². The highest BCUT2D eigenvalue weighted by atomic mass is 19.4. The summed E-state index contributed by atoms with van der Waals surface area (Å²) in [6.45, 7) is 6.41. The fourth-order valence-corrected chi connectivity index (χ4v) is 1.56.